The molecule has 0 aliphatic heterocycles. The van der Waals surface area contributed by atoms with E-state index in [9.17, 15) is 8.42 Å². The number of aromatic nitrogens is 2. The van der Waals surface area contributed by atoms with Crippen molar-refractivity contribution in [3.63, 3.8) is 0 Å². The summed E-state index contributed by atoms with van der Waals surface area (Å²) in [6, 6.07) is 0. The third-order valence-electron chi connectivity index (χ3n) is 2.47. The first-order valence-corrected chi connectivity index (χ1v) is 7.28. The molecule has 0 aliphatic carbocycles. The number of aromatic amines is 1. The Labute approximate surface area is 108 Å². The molecule has 1 aromatic heterocycles. The number of hydrogen-bond acceptors (Lipinski definition) is 4. The third-order valence-corrected chi connectivity index (χ3v) is 4.31. The van der Waals surface area contributed by atoms with Gasteiger partial charge in [0.15, 0.2) is 5.03 Å². The van der Waals surface area contributed by atoms with Crippen LogP contribution in [0.15, 0.2) is 23.9 Å². The summed E-state index contributed by atoms with van der Waals surface area (Å²) < 4.78 is 25.7. The predicted molar refractivity (Wildman–Crippen MR) is 70.6 cm³/mol. The summed E-state index contributed by atoms with van der Waals surface area (Å²) in [4.78, 5) is 0. The van der Waals surface area contributed by atoms with E-state index in [2.05, 4.69) is 29.0 Å². The van der Waals surface area contributed by atoms with Gasteiger partial charge in [-0.25, -0.2) is 8.42 Å². The number of likely N-dealkylation sites (N-methyl/N-ethyl adjacent to an activating group) is 1. The standard InChI is InChI=1S/C11H20N4O2S/c1-4-6-12-8-10-9-13-14-11(10)18(16,17)15(3)7-5-2/h5,9,12H,2,4,6-8H2,1,3H3,(H,13,14). The van der Waals surface area contributed by atoms with Crippen LogP contribution >= 0.6 is 0 Å². The zero-order chi connectivity index (χ0) is 13.6. The van der Waals surface area contributed by atoms with Crippen LogP contribution in [0.25, 0.3) is 0 Å². The van der Waals surface area contributed by atoms with Gasteiger partial charge in [0.25, 0.3) is 10.0 Å². The lowest BCUT2D eigenvalue weighted by Gasteiger charge is -2.14. The number of H-pyrrole nitrogens is 1. The highest BCUT2D eigenvalue weighted by molar-refractivity contribution is 7.89. The summed E-state index contributed by atoms with van der Waals surface area (Å²) >= 11 is 0. The molecule has 0 aromatic carbocycles. The van der Waals surface area contributed by atoms with Crippen molar-refractivity contribution in [1.82, 2.24) is 19.8 Å². The molecule has 7 heteroatoms. The Kier molecular flexibility index (Phi) is 5.52. The Morgan fingerprint density at radius 1 is 1.61 bits per heavy atom. The molecule has 0 radical (unpaired) electrons. The summed E-state index contributed by atoms with van der Waals surface area (Å²) in [6.07, 6.45) is 4.08. The molecule has 0 saturated carbocycles. The Bertz CT molecular complexity index is 481. The van der Waals surface area contributed by atoms with Gasteiger partial charge in [-0.15, -0.1) is 6.58 Å². The first-order valence-electron chi connectivity index (χ1n) is 5.84. The first kappa shape index (κ1) is 14.9. The molecule has 1 rings (SSSR count). The summed E-state index contributed by atoms with van der Waals surface area (Å²) in [6.45, 7) is 7.18. The smallest absolute Gasteiger partial charge is 0.260 e. The summed E-state index contributed by atoms with van der Waals surface area (Å²) in [7, 11) is -2.01. The molecule has 6 nitrogen and oxygen atoms in total. The van der Waals surface area contributed by atoms with E-state index in [0.29, 0.717) is 12.1 Å². The Morgan fingerprint density at radius 2 is 2.33 bits per heavy atom. The van der Waals surface area contributed by atoms with Crippen molar-refractivity contribution in [2.75, 3.05) is 20.1 Å². The SMILES string of the molecule is C=CCN(C)S(=O)(=O)c1[nH]ncc1CNCCC. The highest BCUT2D eigenvalue weighted by Crippen LogP contribution is 2.16. The molecule has 0 spiro atoms. The Balaban J connectivity index is 2.88. The summed E-state index contributed by atoms with van der Waals surface area (Å²) in [5, 5.41) is 9.68. The van der Waals surface area contributed by atoms with E-state index >= 15 is 0 Å². The van der Waals surface area contributed by atoms with Crippen molar-refractivity contribution in [2.45, 2.75) is 24.9 Å². The highest BCUT2D eigenvalue weighted by atomic mass is 32.2. The maximum Gasteiger partial charge on any atom is 0.260 e. The van der Waals surface area contributed by atoms with Crippen LogP contribution in [-0.2, 0) is 16.6 Å². The van der Waals surface area contributed by atoms with Crippen LogP contribution in [0.2, 0.25) is 0 Å². The second-order valence-electron chi connectivity index (χ2n) is 3.98. The van der Waals surface area contributed by atoms with Gasteiger partial charge in [-0.3, -0.25) is 5.10 Å². The van der Waals surface area contributed by atoms with Crippen LogP contribution in [0.4, 0.5) is 0 Å². The minimum Gasteiger partial charge on any atom is -0.313 e. The lowest BCUT2D eigenvalue weighted by molar-refractivity contribution is 0.494. The van der Waals surface area contributed by atoms with Gasteiger partial charge in [0.1, 0.15) is 0 Å². The van der Waals surface area contributed by atoms with Crippen LogP contribution in [0.5, 0.6) is 0 Å². The molecule has 0 bridgehead atoms. The van der Waals surface area contributed by atoms with E-state index in [1.165, 1.54) is 17.5 Å². The molecule has 0 saturated heterocycles. The average Bonchev–Trinajstić information content (AvgIpc) is 2.78. The number of rotatable bonds is 8. The van der Waals surface area contributed by atoms with Crippen molar-refractivity contribution in [3.8, 4) is 0 Å². The molecule has 0 aliphatic rings. The van der Waals surface area contributed by atoms with Crippen molar-refractivity contribution >= 4 is 10.0 Å². The van der Waals surface area contributed by atoms with Gasteiger partial charge >= 0.3 is 0 Å². The number of hydrogen-bond donors (Lipinski definition) is 2. The van der Waals surface area contributed by atoms with Crippen LogP contribution in [0.1, 0.15) is 18.9 Å². The fourth-order valence-electron chi connectivity index (χ4n) is 1.48. The third kappa shape index (κ3) is 3.41. The molecule has 0 atom stereocenters. The van der Waals surface area contributed by atoms with Gasteiger partial charge in [0, 0.05) is 25.7 Å². The molecule has 1 aromatic rings. The molecule has 0 amide bonds. The lowest BCUT2D eigenvalue weighted by atomic mass is 10.3. The van der Waals surface area contributed by atoms with Crippen molar-refractivity contribution < 1.29 is 8.42 Å². The zero-order valence-corrected chi connectivity index (χ0v) is 11.6. The minimum absolute atomic E-state index is 0.149. The van der Waals surface area contributed by atoms with E-state index in [-0.39, 0.29) is 11.6 Å². The van der Waals surface area contributed by atoms with Crippen LogP contribution in [-0.4, -0.2) is 43.1 Å². The van der Waals surface area contributed by atoms with Gasteiger partial charge in [-0.05, 0) is 13.0 Å². The largest absolute Gasteiger partial charge is 0.313 e. The van der Waals surface area contributed by atoms with E-state index in [1.54, 1.807) is 6.08 Å². The highest BCUT2D eigenvalue weighted by Gasteiger charge is 2.24. The predicted octanol–water partition coefficient (Wildman–Crippen LogP) is 0.716. The average molecular weight is 272 g/mol. The Hall–Kier alpha value is -1.18. The quantitative estimate of drug-likeness (QED) is 0.540. The van der Waals surface area contributed by atoms with Crippen molar-refractivity contribution in [3.05, 3.63) is 24.4 Å². The lowest BCUT2D eigenvalue weighted by Crippen LogP contribution is -2.28. The second kappa shape index (κ2) is 6.67. The normalized spacial score (nSPS) is 11.9. The molecule has 0 unspecified atom stereocenters. The number of sulfonamides is 1. The molecular weight excluding hydrogens is 252 g/mol. The van der Waals surface area contributed by atoms with E-state index in [0.717, 1.165) is 13.0 Å². The van der Waals surface area contributed by atoms with E-state index in [4.69, 9.17) is 0 Å². The first-order chi connectivity index (χ1) is 8.54. The molecule has 0 fully saturated rings. The zero-order valence-electron chi connectivity index (χ0n) is 10.8. The van der Waals surface area contributed by atoms with Crippen LogP contribution in [0.3, 0.4) is 0 Å². The van der Waals surface area contributed by atoms with Crippen LogP contribution in [0, 0.1) is 0 Å². The number of nitrogens with one attached hydrogen (secondary N) is 2. The molecule has 18 heavy (non-hydrogen) atoms. The molecule has 1 heterocycles. The van der Waals surface area contributed by atoms with Crippen molar-refractivity contribution in [2.24, 2.45) is 0 Å². The Morgan fingerprint density at radius 3 is 2.94 bits per heavy atom. The molecule has 2 N–H and O–H groups in total. The number of nitrogens with zero attached hydrogens (tertiary/aromatic N) is 2. The van der Waals surface area contributed by atoms with Gasteiger partial charge in [-0.1, -0.05) is 13.0 Å². The van der Waals surface area contributed by atoms with Gasteiger partial charge < -0.3 is 5.32 Å². The second-order valence-corrected chi connectivity index (χ2v) is 5.96. The monoisotopic (exact) mass is 272 g/mol. The van der Waals surface area contributed by atoms with E-state index in [1.807, 2.05) is 0 Å². The minimum atomic E-state index is -3.52. The summed E-state index contributed by atoms with van der Waals surface area (Å²) in [5.41, 5.74) is 0.652. The van der Waals surface area contributed by atoms with Gasteiger partial charge in [0.2, 0.25) is 0 Å². The van der Waals surface area contributed by atoms with Crippen LogP contribution < -0.4 is 5.32 Å². The molecular formula is C11H20N4O2S. The van der Waals surface area contributed by atoms with Crippen molar-refractivity contribution in [1.29, 1.82) is 0 Å². The van der Waals surface area contributed by atoms with Gasteiger partial charge in [0.05, 0.1) is 6.20 Å². The summed E-state index contributed by atoms with van der Waals surface area (Å²) in [5.74, 6) is 0. The topological polar surface area (TPSA) is 78.1 Å². The fraction of sp³-hybridized carbons (Fsp3) is 0.545. The van der Waals surface area contributed by atoms with E-state index < -0.39 is 10.0 Å². The maximum atomic E-state index is 12.2. The maximum absolute atomic E-state index is 12.2. The fourth-order valence-corrected chi connectivity index (χ4v) is 2.72. The molecule has 102 valence electrons. The van der Waals surface area contributed by atoms with Gasteiger partial charge in [-0.2, -0.15) is 9.40 Å².